The standard InChI is InChI=1S/C31H34N6O6/c1-32-37-17-19-9-11-25(39)28(29(40)42-2)21(19)16-27(37)31(22-6-3-4-7-23(22)33-30(31)41)13-14-36-18-20(34-35-36)10-12-24(38)26-8-5-15-43-26/h3-8,15,18-19,21,25,27-28,39H,9-14,16-17H2,2H3,(H,33,41)/t19-,21-,25-,27-,28+,31-/m0/s1. The Morgan fingerprint density at radius 2 is 2.09 bits per heavy atom. The Hall–Kier alpha value is -4.50. The number of aliphatic hydroxyl groups is 1. The first-order chi connectivity index (χ1) is 20.8. The van der Waals surface area contributed by atoms with Gasteiger partial charge in [-0.2, -0.15) is 11.5 Å². The number of anilines is 1. The summed E-state index contributed by atoms with van der Waals surface area (Å²) in [5.74, 6) is -1.40. The molecule has 2 aliphatic heterocycles. The number of para-hydroxylation sites is 1. The predicted molar refractivity (Wildman–Crippen MR) is 152 cm³/mol. The Morgan fingerprint density at radius 3 is 2.86 bits per heavy atom. The van der Waals surface area contributed by atoms with Crippen molar-refractivity contribution in [2.24, 2.45) is 17.8 Å². The lowest BCUT2D eigenvalue weighted by Crippen LogP contribution is -2.60. The average Bonchev–Trinajstić information content (AvgIpc) is 3.78. The number of carbonyl (C=O) groups is 3. The molecule has 6 atom stereocenters. The number of rotatable bonds is 9. The number of aryl methyl sites for hydroxylation is 2. The van der Waals surface area contributed by atoms with Crippen LogP contribution in [0.2, 0.25) is 0 Å². The molecule has 12 nitrogen and oxygen atoms in total. The number of furan rings is 1. The summed E-state index contributed by atoms with van der Waals surface area (Å²) in [5, 5.41) is 24.1. The number of nitrogens with one attached hydrogen (secondary N) is 1. The smallest absolute Gasteiger partial charge is 0.311 e. The number of aromatic nitrogens is 3. The number of nitrogens with zero attached hydrogens (tertiary/aromatic N) is 5. The van der Waals surface area contributed by atoms with Gasteiger partial charge < -0.3 is 19.6 Å². The van der Waals surface area contributed by atoms with Crippen molar-refractivity contribution in [3.05, 3.63) is 77.4 Å². The van der Waals surface area contributed by atoms with E-state index in [4.69, 9.17) is 15.7 Å². The van der Waals surface area contributed by atoms with Crippen LogP contribution in [0.25, 0.3) is 4.95 Å². The fourth-order valence-corrected chi connectivity index (χ4v) is 7.44. The van der Waals surface area contributed by atoms with Crippen molar-refractivity contribution < 1.29 is 28.6 Å². The maximum Gasteiger partial charge on any atom is 0.311 e. The van der Waals surface area contributed by atoms with Gasteiger partial charge in [0.25, 0.3) is 0 Å². The summed E-state index contributed by atoms with van der Waals surface area (Å²) in [6.07, 6.45) is 4.88. The minimum Gasteiger partial charge on any atom is -0.469 e. The molecule has 43 heavy (non-hydrogen) atoms. The van der Waals surface area contributed by atoms with Gasteiger partial charge in [-0.1, -0.05) is 23.4 Å². The van der Waals surface area contributed by atoms with Crippen LogP contribution in [-0.4, -0.2) is 68.6 Å². The van der Waals surface area contributed by atoms with Gasteiger partial charge in [-0.3, -0.25) is 19.1 Å². The molecule has 1 aromatic carbocycles. The van der Waals surface area contributed by atoms with Gasteiger partial charge in [-0.25, -0.2) is 0 Å². The first kappa shape index (κ1) is 28.6. The van der Waals surface area contributed by atoms with Gasteiger partial charge in [0.05, 0.1) is 37.6 Å². The minimum absolute atomic E-state index is 0.0244. The third-order valence-corrected chi connectivity index (χ3v) is 9.55. The van der Waals surface area contributed by atoms with Gasteiger partial charge in [-0.05, 0) is 61.3 Å². The van der Waals surface area contributed by atoms with Crippen molar-refractivity contribution in [3.8, 4) is 0 Å². The van der Waals surface area contributed by atoms with E-state index >= 15 is 0 Å². The van der Waals surface area contributed by atoms with Crippen molar-refractivity contribution in [1.82, 2.24) is 20.0 Å². The molecule has 2 aromatic heterocycles. The van der Waals surface area contributed by atoms with E-state index in [-0.39, 0.29) is 29.9 Å². The summed E-state index contributed by atoms with van der Waals surface area (Å²) >= 11 is 0. The third kappa shape index (κ3) is 5.07. The second-order valence-electron chi connectivity index (χ2n) is 11.7. The van der Waals surface area contributed by atoms with Crippen LogP contribution in [0.5, 0.6) is 0 Å². The highest BCUT2D eigenvalue weighted by atomic mass is 16.5. The van der Waals surface area contributed by atoms with Gasteiger partial charge in [0.2, 0.25) is 5.91 Å². The molecule has 3 aromatic rings. The number of methoxy groups -OCH3 is 1. The van der Waals surface area contributed by atoms with Crippen LogP contribution in [0.15, 0.2) is 53.3 Å². The predicted octanol–water partition coefficient (Wildman–Crippen LogP) is 3.05. The molecule has 1 saturated carbocycles. The van der Waals surface area contributed by atoms with Crippen molar-refractivity contribution >= 4 is 23.3 Å². The Balaban J connectivity index is 1.28. The lowest BCUT2D eigenvalue weighted by Gasteiger charge is -2.49. The number of ether oxygens (including phenoxy) is 1. The van der Waals surface area contributed by atoms with Crippen LogP contribution < -0.4 is 5.32 Å². The zero-order chi connectivity index (χ0) is 30.1. The lowest BCUT2D eigenvalue weighted by atomic mass is 9.60. The maximum absolute atomic E-state index is 14.1. The van der Waals surface area contributed by atoms with E-state index in [2.05, 4.69) is 20.6 Å². The summed E-state index contributed by atoms with van der Waals surface area (Å²) in [7, 11) is 1.33. The number of piperidine rings is 1. The Morgan fingerprint density at radius 1 is 1.26 bits per heavy atom. The number of amides is 1. The molecule has 4 heterocycles. The summed E-state index contributed by atoms with van der Waals surface area (Å²) in [6.45, 7) is 8.82. The van der Waals surface area contributed by atoms with Crippen LogP contribution in [0.1, 0.15) is 53.9 Å². The van der Waals surface area contributed by atoms with Crippen molar-refractivity contribution in [1.29, 1.82) is 0 Å². The first-order valence-electron chi connectivity index (χ1n) is 14.6. The number of aliphatic hydroxyl groups excluding tert-OH is 1. The normalized spacial score (nSPS) is 28.0. The molecular formula is C31H34N6O6. The van der Waals surface area contributed by atoms with Crippen LogP contribution in [0, 0.1) is 24.3 Å². The van der Waals surface area contributed by atoms with Gasteiger partial charge in [-0.15, -0.1) is 10.1 Å². The van der Waals surface area contributed by atoms with Gasteiger partial charge >= 0.3 is 5.97 Å². The highest BCUT2D eigenvalue weighted by Gasteiger charge is 2.60. The van der Waals surface area contributed by atoms with Crippen molar-refractivity contribution in [2.45, 2.75) is 62.6 Å². The van der Waals surface area contributed by atoms with E-state index in [1.165, 1.54) is 13.4 Å². The van der Waals surface area contributed by atoms with Crippen LogP contribution in [0.4, 0.5) is 5.69 Å². The molecule has 2 N–H and O–H groups in total. The van der Waals surface area contributed by atoms with Gasteiger partial charge in [0.1, 0.15) is 11.5 Å². The summed E-state index contributed by atoms with van der Waals surface area (Å²) in [5.41, 5.74) is 1.03. The van der Waals surface area contributed by atoms with Crippen molar-refractivity contribution in [2.75, 3.05) is 19.0 Å². The van der Waals surface area contributed by atoms with E-state index in [0.717, 1.165) is 5.56 Å². The van der Waals surface area contributed by atoms with E-state index in [9.17, 15) is 19.5 Å². The molecule has 224 valence electrons. The number of hydrogen-bond donors (Lipinski definition) is 2. The van der Waals surface area contributed by atoms with Gasteiger partial charge in [0.15, 0.2) is 11.5 Å². The van der Waals surface area contributed by atoms with Crippen LogP contribution >= 0.6 is 0 Å². The molecule has 1 saturated heterocycles. The monoisotopic (exact) mass is 586 g/mol. The molecule has 1 amide bonds. The minimum atomic E-state index is -1.11. The molecule has 1 aliphatic carbocycles. The number of carbonyl (C=O) groups excluding carboxylic acids is 3. The molecule has 2 fully saturated rings. The molecule has 6 rings (SSSR count). The Bertz CT molecular complexity index is 1550. The lowest BCUT2D eigenvalue weighted by molar-refractivity contribution is -0.160. The number of benzene rings is 1. The Kier molecular flexibility index (Phi) is 7.75. The number of ketones is 1. The highest BCUT2D eigenvalue weighted by molar-refractivity contribution is 6.07. The van der Waals surface area contributed by atoms with Crippen LogP contribution in [-0.2, 0) is 32.7 Å². The summed E-state index contributed by atoms with van der Waals surface area (Å²) < 4.78 is 11.9. The van der Waals surface area contributed by atoms with E-state index in [0.29, 0.717) is 62.3 Å². The van der Waals surface area contributed by atoms with E-state index in [1.54, 1.807) is 28.0 Å². The first-order valence-corrected chi connectivity index (χ1v) is 14.6. The zero-order valence-corrected chi connectivity index (χ0v) is 23.9. The number of Topliss-reactive ketones (excluding diaryl/α,β-unsaturated/α-hetero) is 1. The molecule has 0 bridgehead atoms. The molecule has 0 unspecified atom stereocenters. The average molecular weight is 587 g/mol. The summed E-state index contributed by atoms with van der Waals surface area (Å²) in [4.78, 5) is 43.2. The van der Waals surface area contributed by atoms with Crippen molar-refractivity contribution in [3.63, 3.8) is 0 Å². The second kappa shape index (κ2) is 11.6. The Labute approximate surface area is 248 Å². The molecule has 0 radical (unpaired) electrons. The highest BCUT2D eigenvalue weighted by Crippen LogP contribution is 2.52. The zero-order valence-electron chi connectivity index (χ0n) is 23.9. The van der Waals surface area contributed by atoms with Gasteiger partial charge in [0, 0.05) is 31.3 Å². The second-order valence-corrected chi connectivity index (χ2v) is 11.7. The quantitative estimate of drug-likeness (QED) is 0.220. The number of fused-ring (bicyclic) bond motifs is 2. The fraction of sp³-hybridized carbons (Fsp3) is 0.484. The molecular weight excluding hydrogens is 552 g/mol. The van der Waals surface area contributed by atoms with E-state index < -0.39 is 29.4 Å². The summed E-state index contributed by atoms with van der Waals surface area (Å²) in [6, 6.07) is 10.3. The molecule has 0 spiro atoms. The molecule has 12 heteroatoms. The number of hydrogen-bond acceptors (Lipinski definition) is 9. The largest absolute Gasteiger partial charge is 0.469 e. The third-order valence-electron chi connectivity index (χ3n) is 9.55. The van der Waals surface area contributed by atoms with Crippen LogP contribution in [0.3, 0.4) is 0 Å². The maximum atomic E-state index is 14.1. The fourth-order valence-electron chi connectivity index (χ4n) is 7.44. The number of esters is 1. The molecule has 3 aliphatic rings. The SMILES string of the molecule is [C-]#[N+]N1C[C@@H]2CC[C@H](O)[C@H](C(=O)OC)[C@H]2C[C@H]1[C@@]1(CCn2cc(CCC(=O)c3ccco3)nn2)C(=O)Nc2ccccc21. The van der Waals surface area contributed by atoms with E-state index in [1.807, 2.05) is 24.3 Å². The topological polar surface area (TPSA) is 144 Å².